The van der Waals surface area contributed by atoms with Crippen LogP contribution in [0.1, 0.15) is 74.1 Å². The summed E-state index contributed by atoms with van der Waals surface area (Å²) in [5.74, 6) is 0.899. The highest BCUT2D eigenvalue weighted by molar-refractivity contribution is 7.91. The lowest BCUT2D eigenvalue weighted by atomic mass is 9.84. The van der Waals surface area contributed by atoms with E-state index in [9.17, 15) is 8.42 Å². The molecule has 0 unspecified atom stereocenters. The van der Waals surface area contributed by atoms with Gasteiger partial charge in [-0.15, -0.1) is 0 Å². The van der Waals surface area contributed by atoms with E-state index in [2.05, 4.69) is 36.4 Å². The number of rotatable bonds is 7. The van der Waals surface area contributed by atoms with Crippen LogP contribution in [0, 0.1) is 0 Å². The minimum Gasteiger partial charge on any atom is -0.228 e. The molecule has 0 bridgehead atoms. The third-order valence-corrected chi connectivity index (χ3v) is 8.04. The van der Waals surface area contributed by atoms with Crippen LogP contribution in [0.15, 0.2) is 48.5 Å². The molecular formula is C24H32O2S. The van der Waals surface area contributed by atoms with Gasteiger partial charge in [-0.05, 0) is 67.7 Å². The second-order valence-electron chi connectivity index (χ2n) is 8.25. The van der Waals surface area contributed by atoms with Gasteiger partial charge >= 0.3 is 0 Å². The highest BCUT2D eigenvalue weighted by atomic mass is 32.2. The van der Waals surface area contributed by atoms with Gasteiger partial charge < -0.3 is 0 Å². The predicted octanol–water partition coefficient (Wildman–Crippen LogP) is 5.84. The summed E-state index contributed by atoms with van der Waals surface area (Å²) in [5.41, 5.74) is 5.02. The van der Waals surface area contributed by atoms with Crippen molar-refractivity contribution in [3.63, 3.8) is 0 Å². The second kappa shape index (κ2) is 9.05. The molecule has 3 heteroatoms. The van der Waals surface area contributed by atoms with Crippen molar-refractivity contribution in [3.8, 4) is 0 Å². The van der Waals surface area contributed by atoms with Crippen molar-refractivity contribution in [1.29, 1.82) is 0 Å². The normalized spacial score (nSPS) is 16.0. The summed E-state index contributed by atoms with van der Waals surface area (Å²) in [4.78, 5) is 0. The van der Waals surface area contributed by atoms with Crippen LogP contribution in [0.2, 0.25) is 0 Å². The van der Waals surface area contributed by atoms with Gasteiger partial charge in [0, 0.05) is 0 Å². The van der Waals surface area contributed by atoms with Gasteiger partial charge in [-0.2, -0.15) is 0 Å². The molecule has 2 nitrogen and oxygen atoms in total. The van der Waals surface area contributed by atoms with Crippen LogP contribution in [0.4, 0.5) is 0 Å². The summed E-state index contributed by atoms with van der Waals surface area (Å²) < 4.78 is 24.1. The molecule has 1 fully saturated rings. The van der Waals surface area contributed by atoms with Crippen LogP contribution < -0.4 is 0 Å². The van der Waals surface area contributed by atoms with Crippen molar-refractivity contribution < 1.29 is 8.42 Å². The van der Waals surface area contributed by atoms with Crippen LogP contribution in [-0.2, 0) is 28.4 Å². The summed E-state index contributed by atoms with van der Waals surface area (Å²) in [6.07, 6.45) is 8.85. The third-order valence-electron chi connectivity index (χ3n) is 5.87. The van der Waals surface area contributed by atoms with Crippen molar-refractivity contribution >= 4 is 9.84 Å². The Kier molecular flexibility index (Phi) is 6.75. The fourth-order valence-electron chi connectivity index (χ4n) is 3.88. The zero-order valence-corrected chi connectivity index (χ0v) is 17.5. The van der Waals surface area contributed by atoms with Crippen LogP contribution in [-0.4, -0.2) is 13.7 Å². The van der Waals surface area contributed by atoms with Crippen molar-refractivity contribution in [2.45, 2.75) is 75.7 Å². The molecule has 0 amide bonds. The van der Waals surface area contributed by atoms with Gasteiger partial charge in [0.15, 0.2) is 9.84 Å². The Morgan fingerprint density at radius 3 is 1.78 bits per heavy atom. The van der Waals surface area contributed by atoms with Gasteiger partial charge in [-0.25, -0.2) is 8.42 Å². The van der Waals surface area contributed by atoms with Crippen LogP contribution in [0.25, 0.3) is 0 Å². The Morgan fingerprint density at radius 2 is 1.26 bits per heavy atom. The Bertz CT molecular complexity index is 812. The fraction of sp³-hybridized carbons (Fsp3) is 0.500. The lowest BCUT2D eigenvalue weighted by molar-refractivity contribution is 0.443. The molecule has 0 aromatic heterocycles. The highest BCUT2D eigenvalue weighted by Crippen LogP contribution is 2.32. The fourth-order valence-corrected chi connectivity index (χ4v) is 4.87. The highest BCUT2D eigenvalue weighted by Gasteiger charge is 2.17. The molecule has 3 rings (SSSR count). The van der Waals surface area contributed by atoms with E-state index in [1.807, 2.05) is 12.1 Å². The van der Waals surface area contributed by atoms with Gasteiger partial charge in [-0.3, -0.25) is 0 Å². The van der Waals surface area contributed by atoms with Gasteiger partial charge in [0.25, 0.3) is 0 Å². The molecule has 0 atom stereocenters. The summed E-state index contributed by atoms with van der Waals surface area (Å²) in [5, 5.41) is -0.325. The van der Waals surface area contributed by atoms with E-state index in [0.717, 1.165) is 24.3 Å². The Balaban J connectivity index is 1.54. The van der Waals surface area contributed by atoms with Crippen molar-refractivity contribution in [2.24, 2.45) is 0 Å². The molecule has 0 spiro atoms. The molecular weight excluding hydrogens is 352 g/mol. The minimum atomic E-state index is -3.03. The topological polar surface area (TPSA) is 34.1 Å². The summed E-state index contributed by atoms with van der Waals surface area (Å²) in [6.45, 7) is 3.48. The molecule has 1 aliphatic carbocycles. The molecule has 0 radical (unpaired) electrons. The van der Waals surface area contributed by atoms with Crippen LogP contribution >= 0.6 is 0 Å². The molecule has 0 heterocycles. The zero-order chi connectivity index (χ0) is 19.3. The summed E-state index contributed by atoms with van der Waals surface area (Å²) in [6, 6.07) is 17.3. The average molecular weight is 385 g/mol. The molecule has 1 saturated carbocycles. The SMILES string of the molecule is CC(C)S(=O)(=O)Cc1ccc(CCc2ccc(C3CCCCC3)cc2)cc1. The van der Waals surface area contributed by atoms with Crippen molar-refractivity contribution in [1.82, 2.24) is 0 Å². The first-order valence-electron chi connectivity index (χ1n) is 10.3. The van der Waals surface area contributed by atoms with E-state index >= 15 is 0 Å². The second-order valence-corrected chi connectivity index (χ2v) is 10.8. The van der Waals surface area contributed by atoms with E-state index in [0.29, 0.717) is 0 Å². The van der Waals surface area contributed by atoms with Crippen molar-refractivity contribution in [2.75, 3.05) is 0 Å². The smallest absolute Gasteiger partial charge is 0.156 e. The third kappa shape index (κ3) is 5.68. The molecule has 2 aromatic rings. The lowest BCUT2D eigenvalue weighted by Gasteiger charge is -2.22. The Hall–Kier alpha value is -1.61. The van der Waals surface area contributed by atoms with Crippen LogP contribution in [0.5, 0.6) is 0 Å². The van der Waals surface area contributed by atoms with Gasteiger partial charge in [0.1, 0.15) is 0 Å². The number of hydrogen-bond donors (Lipinski definition) is 0. The maximum atomic E-state index is 12.0. The monoisotopic (exact) mass is 384 g/mol. The number of aryl methyl sites for hydroxylation is 2. The molecule has 0 N–H and O–H groups in total. The summed E-state index contributed by atoms with van der Waals surface area (Å²) in [7, 11) is -3.03. The molecule has 27 heavy (non-hydrogen) atoms. The largest absolute Gasteiger partial charge is 0.228 e. The standard InChI is InChI=1S/C24H32O2S/c1-19(2)27(25,26)18-22-12-10-20(11-13-22)8-9-21-14-16-24(17-15-21)23-6-4-3-5-7-23/h10-17,19,23H,3-9,18H2,1-2H3. The van der Waals surface area contributed by atoms with Gasteiger partial charge in [0.2, 0.25) is 0 Å². The number of hydrogen-bond acceptors (Lipinski definition) is 2. The van der Waals surface area contributed by atoms with Crippen molar-refractivity contribution in [3.05, 3.63) is 70.8 Å². The van der Waals surface area contributed by atoms with E-state index in [1.165, 1.54) is 48.8 Å². The van der Waals surface area contributed by atoms with E-state index < -0.39 is 9.84 Å². The molecule has 0 aliphatic heterocycles. The first-order valence-corrected chi connectivity index (χ1v) is 12.0. The predicted molar refractivity (Wildman–Crippen MR) is 114 cm³/mol. The Morgan fingerprint density at radius 1 is 0.778 bits per heavy atom. The molecule has 1 aliphatic rings. The maximum absolute atomic E-state index is 12.0. The first-order chi connectivity index (χ1) is 12.9. The van der Waals surface area contributed by atoms with Gasteiger partial charge in [0.05, 0.1) is 11.0 Å². The Labute approximate surface area is 164 Å². The molecule has 2 aromatic carbocycles. The zero-order valence-electron chi connectivity index (χ0n) is 16.7. The molecule has 0 saturated heterocycles. The quantitative estimate of drug-likeness (QED) is 0.601. The average Bonchev–Trinajstić information content (AvgIpc) is 2.68. The van der Waals surface area contributed by atoms with E-state index in [4.69, 9.17) is 0 Å². The van der Waals surface area contributed by atoms with Gasteiger partial charge in [-0.1, -0.05) is 67.8 Å². The van der Waals surface area contributed by atoms with E-state index in [-0.39, 0.29) is 11.0 Å². The lowest BCUT2D eigenvalue weighted by Crippen LogP contribution is -2.15. The first kappa shape index (κ1) is 20.1. The number of benzene rings is 2. The minimum absolute atomic E-state index is 0.133. The maximum Gasteiger partial charge on any atom is 0.156 e. The summed E-state index contributed by atoms with van der Waals surface area (Å²) >= 11 is 0. The van der Waals surface area contributed by atoms with E-state index in [1.54, 1.807) is 13.8 Å². The van der Waals surface area contributed by atoms with Crippen LogP contribution in [0.3, 0.4) is 0 Å². The molecule has 146 valence electrons. The number of sulfone groups is 1.